The number of morpholine rings is 1. The van der Waals surface area contributed by atoms with E-state index in [0.717, 1.165) is 31.8 Å². The van der Waals surface area contributed by atoms with Gasteiger partial charge in [-0.2, -0.15) is 0 Å². The van der Waals surface area contributed by atoms with E-state index in [9.17, 15) is 4.79 Å². The first kappa shape index (κ1) is 17.9. The molecule has 1 saturated heterocycles. The Kier molecular flexibility index (Phi) is 7.02. The Morgan fingerprint density at radius 2 is 2.13 bits per heavy atom. The highest BCUT2D eigenvalue weighted by atomic mass is 16.5. The first-order chi connectivity index (χ1) is 11.0. The van der Waals surface area contributed by atoms with Crippen molar-refractivity contribution in [1.82, 2.24) is 10.2 Å². The normalized spacial score (nSPS) is 20.4. The number of nitrogens with one attached hydrogen (secondary N) is 1. The highest BCUT2D eigenvalue weighted by Crippen LogP contribution is 2.13. The minimum absolute atomic E-state index is 0.0223. The summed E-state index contributed by atoms with van der Waals surface area (Å²) in [6.45, 7) is 8.65. The number of hydrogen-bond donors (Lipinski definition) is 2. The van der Waals surface area contributed by atoms with E-state index in [2.05, 4.69) is 24.1 Å². The second kappa shape index (κ2) is 9.01. The number of rotatable bonds is 7. The summed E-state index contributed by atoms with van der Waals surface area (Å²) in [4.78, 5) is 14.5. The Hall–Kier alpha value is -1.43. The number of carbonyl (C=O) groups is 1. The van der Waals surface area contributed by atoms with Crippen LogP contribution in [0.4, 0.5) is 0 Å². The van der Waals surface area contributed by atoms with Crippen molar-refractivity contribution < 1.29 is 9.53 Å². The molecule has 2 rings (SSSR count). The minimum Gasteiger partial charge on any atom is -0.374 e. The van der Waals surface area contributed by atoms with Crippen molar-refractivity contribution in [3.05, 3.63) is 35.9 Å². The fourth-order valence-corrected chi connectivity index (χ4v) is 2.90. The van der Waals surface area contributed by atoms with E-state index in [1.165, 1.54) is 0 Å². The second-order valence-electron chi connectivity index (χ2n) is 6.67. The molecule has 3 N–H and O–H groups in total. The molecule has 0 aliphatic carbocycles. The van der Waals surface area contributed by atoms with Crippen LogP contribution in [-0.2, 0) is 9.53 Å². The molecule has 1 aromatic carbocycles. The van der Waals surface area contributed by atoms with E-state index >= 15 is 0 Å². The molecule has 23 heavy (non-hydrogen) atoms. The zero-order chi connectivity index (χ0) is 16.7. The molecule has 2 unspecified atom stereocenters. The molecule has 0 spiro atoms. The third-order valence-electron chi connectivity index (χ3n) is 4.01. The summed E-state index contributed by atoms with van der Waals surface area (Å²) in [6, 6.07) is 9.46. The van der Waals surface area contributed by atoms with Crippen molar-refractivity contribution in [1.29, 1.82) is 0 Å². The average Bonchev–Trinajstić information content (AvgIpc) is 2.53. The molecule has 1 aromatic rings. The Morgan fingerprint density at radius 1 is 1.39 bits per heavy atom. The van der Waals surface area contributed by atoms with Gasteiger partial charge in [0.15, 0.2) is 0 Å². The minimum atomic E-state index is -0.263. The Morgan fingerprint density at radius 3 is 2.83 bits per heavy atom. The van der Waals surface area contributed by atoms with Crippen LogP contribution in [0.25, 0.3) is 0 Å². The Bertz CT molecular complexity index is 478. The van der Waals surface area contributed by atoms with Gasteiger partial charge in [-0.3, -0.25) is 9.69 Å². The summed E-state index contributed by atoms with van der Waals surface area (Å²) in [5.74, 6) is 0.623. The molecule has 0 saturated carbocycles. The van der Waals surface area contributed by atoms with Crippen molar-refractivity contribution in [2.45, 2.75) is 32.4 Å². The van der Waals surface area contributed by atoms with Crippen LogP contribution in [0.15, 0.2) is 30.3 Å². The fraction of sp³-hybridized carbons (Fsp3) is 0.611. The predicted molar refractivity (Wildman–Crippen MR) is 92.0 cm³/mol. The number of ether oxygens (including phenoxy) is 1. The standard InChI is InChI=1S/C18H29N3O2/c1-14(2)12-21-8-9-23-16(13-21)11-20-18(22)10-17(19)15-6-4-3-5-7-15/h3-7,14,16-17H,8-13,19H2,1-2H3,(H,20,22). The maximum atomic E-state index is 12.1. The molecule has 1 amide bonds. The van der Waals surface area contributed by atoms with Crippen molar-refractivity contribution in [2.75, 3.05) is 32.8 Å². The third-order valence-corrected chi connectivity index (χ3v) is 4.01. The lowest BCUT2D eigenvalue weighted by Crippen LogP contribution is -2.48. The summed E-state index contributed by atoms with van der Waals surface area (Å²) >= 11 is 0. The lowest BCUT2D eigenvalue weighted by Gasteiger charge is -2.34. The summed E-state index contributed by atoms with van der Waals surface area (Å²) in [7, 11) is 0. The van der Waals surface area contributed by atoms with E-state index in [-0.39, 0.29) is 18.1 Å². The van der Waals surface area contributed by atoms with Gasteiger partial charge in [0.2, 0.25) is 5.91 Å². The van der Waals surface area contributed by atoms with Crippen molar-refractivity contribution >= 4 is 5.91 Å². The SMILES string of the molecule is CC(C)CN1CCOC(CNC(=O)CC(N)c2ccccc2)C1. The number of carbonyl (C=O) groups excluding carboxylic acids is 1. The van der Waals surface area contributed by atoms with Crippen LogP contribution in [0, 0.1) is 5.92 Å². The topological polar surface area (TPSA) is 67.6 Å². The van der Waals surface area contributed by atoms with E-state index in [4.69, 9.17) is 10.5 Å². The van der Waals surface area contributed by atoms with Gasteiger partial charge in [0.25, 0.3) is 0 Å². The summed E-state index contributed by atoms with van der Waals surface area (Å²) in [5.41, 5.74) is 7.07. The van der Waals surface area contributed by atoms with E-state index in [0.29, 0.717) is 18.9 Å². The first-order valence-corrected chi connectivity index (χ1v) is 8.45. The largest absolute Gasteiger partial charge is 0.374 e. The number of nitrogens with zero attached hydrogens (tertiary/aromatic N) is 1. The second-order valence-corrected chi connectivity index (χ2v) is 6.67. The lowest BCUT2D eigenvalue weighted by molar-refractivity contribution is -0.122. The van der Waals surface area contributed by atoms with Crippen molar-refractivity contribution in [3.8, 4) is 0 Å². The van der Waals surface area contributed by atoms with Crippen LogP contribution in [0.5, 0.6) is 0 Å². The molecule has 1 aliphatic rings. The molecular formula is C18H29N3O2. The van der Waals surface area contributed by atoms with Gasteiger partial charge in [0.1, 0.15) is 0 Å². The van der Waals surface area contributed by atoms with Gasteiger partial charge in [-0.15, -0.1) is 0 Å². The molecular weight excluding hydrogens is 290 g/mol. The molecule has 5 heteroatoms. The van der Waals surface area contributed by atoms with Gasteiger partial charge in [0, 0.05) is 38.6 Å². The highest BCUT2D eigenvalue weighted by Gasteiger charge is 2.21. The fourth-order valence-electron chi connectivity index (χ4n) is 2.90. The maximum absolute atomic E-state index is 12.1. The molecule has 1 aliphatic heterocycles. The third kappa shape index (κ3) is 6.29. The average molecular weight is 319 g/mol. The molecule has 2 atom stereocenters. The van der Waals surface area contributed by atoms with Gasteiger partial charge < -0.3 is 15.8 Å². The number of benzene rings is 1. The zero-order valence-electron chi connectivity index (χ0n) is 14.2. The van der Waals surface area contributed by atoms with Crippen LogP contribution in [0.1, 0.15) is 31.9 Å². The molecule has 0 radical (unpaired) electrons. The predicted octanol–water partition coefficient (Wildman–Crippen LogP) is 1.55. The van der Waals surface area contributed by atoms with Crippen LogP contribution in [0.2, 0.25) is 0 Å². The highest BCUT2D eigenvalue weighted by molar-refractivity contribution is 5.76. The Labute approximate surface area is 139 Å². The quantitative estimate of drug-likeness (QED) is 0.800. The summed E-state index contributed by atoms with van der Waals surface area (Å²) in [6.07, 6.45) is 0.367. The van der Waals surface area contributed by atoms with Gasteiger partial charge in [-0.25, -0.2) is 0 Å². The number of amides is 1. The van der Waals surface area contributed by atoms with Crippen LogP contribution in [-0.4, -0.2) is 49.7 Å². The van der Waals surface area contributed by atoms with Gasteiger partial charge in [-0.05, 0) is 11.5 Å². The Balaban J connectivity index is 1.71. The van der Waals surface area contributed by atoms with Crippen LogP contribution >= 0.6 is 0 Å². The van der Waals surface area contributed by atoms with Gasteiger partial charge >= 0.3 is 0 Å². The molecule has 128 valence electrons. The molecule has 0 aromatic heterocycles. The lowest BCUT2D eigenvalue weighted by atomic mass is 10.0. The maximum Gasteiger partial charge on any atom is 0.221 e. The van der Waals surface area contributed by atoms with E-state index < -0.39 is 0 Å². The number of hydrogen-bond acceptors (Lipinski definition) is 4. The summed E-state index contributed by atoms with van der Waals surface area (Å²) < 4.78 is 5.74. The van der Waals surface area contributed by atoms with E-state index in [1.54, 1.807) is 0 Å². The van der Waals surface area contributed by atoms with E-state index in [1.807, 2.05) is 30.3 Å². The van der Waals surface area contributed by atoms with Crippen LogP contribution in [0.3, 0.4) is 0 Å². The monoisotopic (exact) mass is 319 g/mol. The van der Waals surface area contributed by atoms with Gasteiger partial charge in [-0.1, -0.05) is 44.2 Å². The van der Waals surface area contributed by atoms with Crippen molar-refractivity contribution in [2.24, 2.45) is 11.7 Å². The zero-order valence-corrected chi connectivity index (χ0v) is 14.2. The van der Waals surface area contributed by atoms with Gasteiger partial charge in [0.05, 0.1) is 12.7 Å². The first-order valence-electron chi connectivity index (χ1n) is 8.45. The number of nitrogens with two attached hydrogens (primary N) is 1. The molecule has 0 bridgehead atoms. The molecule has 1 heterocycles. The van der Waals surface area contributed by atoms with Crippen LogP contribution < -0.4 is 11.1 Å². The summed E-state index contributed by atoms with van der Waals surface area (Å²) in [5, 5.41) is 2.96. The van der Waals surface area contributed by atoms with Crippen molar-refractivity contribution in [3.63, 3.8) is 0 Å². The molecule has 1 fully saturated rings. The molecule has 5 nitrogen and oxygen atoms in total. The smallest absolute Gasteiger partial charge is 0.221 e.